The Morgan fingerprint density at radius 1 is 1.06 bits per heavy atom. The summed E-state index contributed by atoms with van der Waals surface area (Å²) < 4.78 is 41.4. The molecule has 32 heavy (non-hydrogen) atoms. The van der Waals surface area contributed by atoms with E-state index >= 15 is 0 Å². The van der Waals surface area contributed by atoms with Crippen LogP contribution in [0.2, 0.25) is 0 Å². The molecule has 0 radical (unpaired) electrons. The Labute approximate surface area is 179 Å². The van der Waals surface area contributed by atoms with Gasteiger partial charge in [-0.2, -0.15) is 23.5 Å². The third-order valence-corrected chi connectivity index (χ3v) is 4.32. The van der Waals surface area contributed by atoms with Crippen molar-refractivity contribution in [3.8, 4) is 23.1 Å². The molecule has 0 aliphatic carbocycles. The van der Waals surface area contributed by atoms with Crippen molar-refractivity contribution in [3.05, 3.63) is 84.2 Å². The number of alkyl halides is 3. The maximum Gasteiger partial charge on any atom is 0.433 e. The van der Waals surface area contributed by atoms with E-state index in [1.54, 1.807) is 12.1 Å². The normalized spacial score (nSPS) is 11.1. The van der Waals surface area contributed by atoms with Gasteiger partial charge in [0.2, 0.25) is 0 Å². The summed E-state index contributed by atoms with van der Waals surface area (Å²) >= 11 is 0. The number of anilines is 1. The molecule has 4 aromatic heterocycles. The second-order valence-electron chi connectivity index (χ2n) is 6.47. The van der Waals surface area contributed by atoms with E-state index in [2.05, 4.69) is 25.4 Å². The molecule has 0 aliphatic heterocycles. The van der Waals surface area contributed by atoms with E-state index in [4.69, 9.17) is 5.26 Å². The molecule has 1 N–H and O–H groups in total. The van der Waals surface area contributed by atoms with Gasteiger partial charge in [-0.15, -0.1) is 0 Å². The van der Waals surface area contributed by atoms with Gasteiger partial charge in [0.25, 0.3) is 5.91 Å². The molecule has 1 amide bonds. The predicted octanol–water partition coefficient (Wildman–Crippen LogP) is 3.87. The molecule has 4 heterocycles. The molecule has 8 nitrogen and oxygen atoms in total. The molecule has 0 saturated carbocycles. The maximum absolute atomic E-state index is 13.6. The minimum Gasteiger partial charge on any atom is -0.321 e. The average molecular weight is 435 g/mol. The van der Waals surface area contributed by atoms with E-state index < -0.39 is 17.8 Å². The van der Waals surface area contributed by atoms with Crippen LogP contribution in [0.3, 0.4) is 0 Å². The third kappa shape index (κ3) is 4.29. The van der Waals surface area contributed by atoms with Gasteiger partial charge in [0.05, 0.1) is 23.1 Å². The molecule has 0 atom stereocenters. The average Bonchev–Trinajstić information content (AvgIpc) is 3.27. The standard InChI is InChI=1S/C21H12F3N7O/c22-21(23,24)18-8-17(13-2-1-7-26-10-13)30-31(18)19-6-3-14(11-28-19)20(32)29-16-5-4-15(9-25)27-12-16/h1-8,10-12H,(H,29,32). The van der Waals surface area contributed by atoms with E-state index in [0.717, 1.165) is 12.3 Å². The number of carbonyl (C=O) groups excluding carboxylic acids is 1. The molecule has 0 aliphatic rings. The summed E-state index contributed by atoms with van der Waals surface area (Å²) in [6.45, 7) is 0. The van der Waals surface area contributed by atoms with E-state index in [-0.39, 0.29) is 22.8 Å². The van der Waals surface area contributed by atoms with Crippen molar-refractivity contribution in [2.24, 2.45) is 0 Å². The molecule has 11 heteroatoms. The van der Waals surface area contributed by atoms with Gasteiger partial charge in [-0.25, -0.2) is 14.6 Å². The van der Waals surface area contributed by atoms with Crippen LogP contribution in [-0.4, -0.2) is 30.6 Å². The van der Waals surface area contributed by atoms with E-state index in [1.807, 2.05) is 6.07 Å². The predicted molar refractivity (Wildman–Crippen MR) is 106 cm³/mol. The van der Waals surface area contributed by atoms with Crippen molar-refractivity contribution in [2.75, 3.05) is 5.32 Å². The lowest BCUT2D eigenvalue weighted by atomic mass is 10.2. The minimum absolute atomic E-state index is 0.0855. The highest BCUT2D eigenvalue weighted by Crippen LogP contribution is 2.33. The van der Waals surface area contributed by atoms with Crippen LogP contribution in [0.1, 0.15) is 21.7 Å². The van der Waals surface area contributed by atoms with Gasteiger partial charge in [0.1, 0.15) is 11.8 Å². The number of carbonyl (C=O) groups is 1. The summed E-state index contributed by atoms with van der Waals surface area (Å²) in [7, 11) is 0. The fraction of sp³-hybridized carbons (Fsp3) is 0.0476. The van der Waals surface area contributed by atoms with E-state index in [0.29, 0.717) is 15.9 Å². The Kier molecular flexibility index (Phi) is 5.34. The fourth-order valence-electron chi connectivity index (χ4n) is 2.80. The van der Waals surface area contributed by atoms with Crippen molar-refractivity contribution in [1.29, 1.82) is 5.26 Å². The van der Waals surface area contributed by atoms with Crippen LogP contribution in [0, 0.1) is 11.3 Å². The maximum atomic E-state index is 13.6. The summed E-state index contributed by atoms with van der Waals surface area (Å²) in [5, 5.41) is 15.4. The summed E-state index contributed by atoms with van der Waals surface area (Å²) in [6, 6.07) is 11.5. The van der Waals surface area contributed by atoms with Crippen LogP contribution in [0.4, 0.5) is 18.9 Å². The summed E-state index contributed by atoms with van der Waals surface area (Å²) in [6.07, 6.45) is 0.703. The van der Waals surface area contributed by atoms with Crippen LogP contribution < -0.4 is 5.32 Å². The van der Waals surface area contributed by atoms with Crippen LogP contribution >= 0.6 is 0 Å². The zero-order chi connectivity index (χ0) is 22.7. The third-order valence-electron chi connectivity index (χ3n) is 4.32. The first kappa shape index (κ1) is 20.7. The van der Waals surface area contributed by atoms with Crippen LogP contribution in [-0.2, 0) is 6.18 Å². The number of aromatic nitrogens is 5. The number of halogens is 3. The Balaban J connectivity index is 1.61. The van der Waals surface area contributed by atoms with Crippen molar-refractivity contribution in [3.63, 3.8) is 0 Å². The number of nitriles is 1. The van der Waals surface area contributed by atoms with Crippen LogP contribution in [0.5, 0.6) is 0 Å². The SMILES string of the molecule is N#Cc1ccc(NC(=O)c2ccc(-n3nc(-c4cccnc4)cc3C(F)(F)F)nc2)cn1. The number of pyridine rings is 3. The van der Waals surface area contributed by atoms with Crippen molar-refractivity contribution >= 4 is 11.6 Å². The monoisotopic (exact) mass is 435 g/mol. The quantitative estimate of drug-likeness (QED) is 0.521. The van der Waals surface area contributed by atoms with Gasteiger partial charge in [0, 0.05) is 24.2 Å². The minimum atomic E-state index is -4.67. The highest BCUT2D eigenvalue weighted by molar-refractivity contribution is 6.04. The topological polar surface area (TPSA) is 109 Å². The van der Waals surface area contributed by atoms with Gasteiger partial charge >= 0.3 is 6.18 Å². The molecular formula is C21H12F3N7O. The largest absolute Gasteiger partial charge is 0.433 e. The van der Waals surface area contributed by atoms with Gasteiger partial charge in [-0.1, -0.05) is 0 Å². The first-order chi connectivity index (χ1) is 15.3. The summed E-state index contributed by atoms with van der Waals surface area (Å²) in [5.74, 6) is -0.646. The van der Waals surface area contributed by atoms with Crippen molar-refractivity contribution in [2.45, 2.75) is 6.18 Å². The molecule has 158 valence electrons. The van der Waals surface area contributed by atoms with Gasteiger partial charge < -0.3 is 5.32 Å². The Morgan fingerprint density at radius 2 is 1.91 bits per heavy atom. The number of rotatable bonds is 4. The Hall–Kier alpha value is -4.59. The smallest absolute Gasteiger partial charge is 0.321 e. The summed E-state index contributed by atoms with van der Waals surface area (Å²) in [4.78, 5) is 24.1. The second kappa shape index (κ2) is 8.27. The molecule has 0 fully saturated rings. The highest BCUT2D eigenvalue weighted by atomic mass is 19.4. The number of hydrogen-bond acceptors (Lipinski definition) is 6. The number of nitrogens with zero attached hydrogens (tertiary/aromatic N) is 6. The molecule has 4 aromatic rings. The molecule has 4 rings (SSSR count). The second-order valence-corrected chi connectivity index (χ2v) is 6.47. The van der Waals surface area contributed by atoms with E-state index in [1.165, 1.54) is 42.9 Å². The fourth-order valence-corrected chi connectivity index (χ4v) is 2.80. The lowest BCUT2D eigenvalue weighted by Crippen LogP contribution is -2.15. The van der Waals surface area contributed by atoms with E-state index in [9.17, 15) is 18.0 Å². The number of hydrogen-bond donors (Lipinski definition) is 1. The van der Waals surface area contributed by atoms with Gasteiger partial charge in [-0.3, -0.25) is 9.78 Å². The van der Waals surface area contributed by atoms with Crippen molar-refractivity contribution < 1.29 is 18.0 Å². The molecule has 0 saturated heterocycles. The molecule has 0 unspecified atom stereocenters. The first-order valence-corrected chi connectivity index (χ1v) is 9.07. The number of nitrogens with one attached hydrogen (secondary N) is 1. The molecule has 0 spiro atoms. The first-order valence-electron chi connectivity index (χ1n) is 9.07. The number of amides is 1. The van der Waals surface area contributed by atoms with Crippen molar-refractivity contribution in [1.82, 2.24) is 24.7 Å². The van der Waals surface area contributed by atoms with Gasteiger partial charge in [0.15, 0.2) is 11.5 Å². The molecule has 0 bridgehead atoms. The van der Waals surface area contributed by atoms with Crippen LogP contribution in [0.15, 0.2) is 67.3 Å². The lowest BCUT2D eigenvalue weighted by Gasteiger charge is -2.10. The highest BCUT2D eigenvalue weighted by Gasteiger charge is 2.36. The Morgan fingerprint density at radius 3 is 2.50 bits per heavy atom. The van der Waals surface area contributed by atoms with Crippen LogP contribution in [0.25, 0.3) is 17.1 Å². The lowest BCUT2D eigenvalue weighted by molar-refractivity contribution is -0.142. The molecular weight excluding hydrogens is 423 g/mol. The zero-order valence-corrected chi connectivity index (χ0v) is 16.1. The van der Waals surface area contributed by atoms with Gasteiger partial charge in [-0.05, 0) is 42.5 Å². The Bertz CT molecular complexity index is 1290. The zero-order valence-electron chi connectivity index (χ0n) is 16.1. The summed E-state index contributed by atoms with van der Waals surface area (Å²) in [5.41, 5.74) is 0.159. The molecule has 0 aromatic carbocycles.